The lowest BCUT2D eigenvalue weighted by atomic mass is 9.77. The third-order valence-corrected chi connectivity index (χ3v) is 4.05. The van der Waals surface area contributed by atoms with Gasteiger partial charge in [-0.15, -0.1) is 13.2 Å². The maximum Gasteiger partial charge on any atom is 0.522 e. The molecular weight excluding hydrogens is 257 g/mol. The summed E-state index contributed by atoms with van der Waals surface area (Å²) in [5, 5.41) is 0. The Kier molecular flexibility index (Phi) is 2.89. The summed E-state index contributed by atoms with van der Waals surface area (Å²) < 4.78 is 41.4. The molecule has 1 aromatic carbocycles. The van der Waals surface area contributed by atoms with Crippen LogP contribution in [-0.2, 0) is 4.74 Å². The van der Waals surface area contributed by atoms with E-state index >= 15 is 0 Å². The van der Waals surface area contributed by atoms with E-state index in [1.165, 1.54) is 0 Å². The predicted molar refractivity (Wildman–Crippen MR) is 61.8 cm³/mol. The highest BCUT2D eigenvalue weighted by molar-refractivity contribution is 6.03. The van der Waals surface area contributed by atoms with Crippen LogP contribution in [-0.4, -0.2) is 18.2 Å². The van der Waals surface area contributed by atoms with Gasteiger partial charge in [0.15, 0.2) is 5.78 Å². The van der Waals surface area contributed by atoms with Crippen molar-refractivity contribution in [3.63, 3.8) is 0 Å². The Morgan fingerprint density at radius 1 is 1.16 bits per heavy atom. The van der Waals surface area contributed by atoms with Crippen LogP contribution in [0.1, 0.15) is 41.1 Å². The number of benzene rings is 1. The van der Waals surface area contributed by atoms with Crippen molar-refractivity contribution in [2.75, 3.05) is 0 Å². The van der Waals surface area contributed by atoms with Gasteiger partial charge < -0.3 is 0 Å². The SMILES string of the molecule is O=C1c2ccccc2C2CCCC(OC(F)(F)F)C12. The Morgan fingerprint density at radius 3 is 2.63 bits per heavy atom. The normalized spacial score (nSPS) is 30.1. The number of ketones is 1. The summed E-state index contributed by atoms with van der Waals surface area (Å²) in [5.74, 6) is -0.993. The lowest BCUT2D eigenvalue weighted by Crippen LogP contribution is -2.38. The molecule has 0 aromatic heterocycles. The smallest absolute Gasteiger partial charge is 0.294 e. The van der Waals surface area contributed by atoms with Crippen molar-refractivity contribution in [3.8, 4) is 0 Å². The minimum atomic E-state index is -4.68. The summed E-state index contributed by atoms with van der Waals surface area (Å²) in [6.45, 7) is 0. The number of fused-ring (bicyclic) bond motifs is 3. The monoisotopic (exact) mass is 270 g/mol. The van der Waals surface area contributed by atoms with Gasteiger partial charge >= 0.3 is 6.36 Å². The van der Waals surface area contributed by atoms with Crippen LogP contribution >= 0.6 is 0 Å². The summed E-state index contributed by atoms with van der Waals surface area (Å²) in [5.41, 5.74) is 1.45. The van der Waals surface area contributed by atoms with Gasteiger partial charge in [0.05, 0.1) is 12.0 Å². The molecule has 5 heteroatoms. The largest absolute Gasteiger partial charge is 0.522 e. The van der Waals surface area contributed by atoms with Crippen LogP contribution in [0.5, 0.6) is 0 Å². The lowest BCUT2D eigenvalue weighted by Gasteiger charge is -2.33. The predicted octanol–water partition coefficient (Wildman–Crippen LogP) is 3.67. The fraction of sp³-hybridized carbons (Fsp3) is 0.500. The van der Waals surface area contributed by atoms with Crippen LogP contribution in [0.25, 0.3) is 0 Å². The van der Waals surface area contributed by atoms with E-state index in [9.17, 15) is 18.0 Å². The van der Waals surface area contributed by atoms with Crippen molar-refractivity contribution >= 4 is 5.78 Å². The van der Waals surface area contributed by atoms with Crippen molar-refractivity contribution in [2.24, 2.45) is 5.92 Å². The van der Waals surface area contributed by atoms with Crippen molar-refractivity contribution < 1.29 is 22.7 Å². The van der Waals surface area contributed by atoms with Crippen LogP contribution in [0.3, 0.4) is 0 Å². The maximum absolute atomic E-state index is 12.4. The second-order valence-corrected chi connectivity index (χ2v) is 5.12. The van der Waals surface area contributed by atoms with E-state index in [1.54, 1.807) is 12.1 Å². The molecule has 1 fully saturated rings. The van der Waals surface area contributed by atoms with Crippen LogP contribution in [0, 0.1) is 5.92 Å². The summed E-state index contributed by atoms with van der Waals surface area (Å²) >= 11 is 0. The first-order valence-electron chi connectivity index (χ1n) is 6.35. The van der Waals surface area contributed by atoms with Crippen molar-refractivity contribution in [3.05, 3.63) is 35.4 Å². The fourth-order valence-electron chi connectivity index (χ4n) is 3.39. The van der Waals surface area contributed by atoms with Crippen molar-refractivity contribution in [2.45, 2.75) is 37.6 Å². The van der Waals surface area contributed by atoms with E-state index in [-0.39, 0.29) is 11.7 Å². The first kappa shape index (κ1) is 12.7. The third-order valence-electron chi connectivity index (χ3n) is 4.05. The average molecular weight is 270 g/mol. The highest BCUT2D eigenvalue weighted by atomic mass is 19.4. The van der Waals surface area contributed by atoms with Crippen LogP contribution < -0.4 is 0 Å². The Morgan fingerprint density at radius 2 is 1.89 bits per heavy atom. The van der Waals surface area contributed by atoms with E-state index < -0.39 is 18.4 Å². The van der Waals surface area contributed by atoms with Gasteiger partial charge in [0, 0.05) is 5.56 Å². The van der Waals surface area contributed by atoms with E-state index in [0.29, 0.717) is 18.4 Å². The molecule has 0 spiro atoms. The molecule has 0 saturated heterocycles. The van der Waals surface area contributed by atoms with Gasteiger partial charge in [-0.05, 0) is 24.3 Å². The van der Waals surface area contributed by atoms with E-state index in [2.05, 4.69) is 4.74 Å². The molecular formula is C14H13F3O2. The second kappa shape index (κ2) is 4.34. The Balaban J connectivity index is 1.93. The summed E-state index contributed by atoms with van der Waals surface area (Å²) in [6.07, 6.45) is -4.02. The van der Waals surface area contributed by atoms with E-state index in [4.69, 9.17) is 0 Å². The first-order chi connectivity index (χ1) is 8.97. The van der Waals surface area contributed by atoms with Crippen molar-refractivity contribution in [1.29, 1.82) is 0 Å². The molecule has 2 aliphatic carbocycles. The van der Waals surface area contributed by atoms with Gasteiger partial charge in [0.1, 0.15) is 0 Å². The molecule has 1 saturated carbocycles. The number of Topliss-reactive ketones (excluding diaryl/α,β-unsaturated/α-hetero) is 1. The summed E-state index contributed by atoms with van der Waals surface area (Å²) in [4.78, 5) is 12.3. The van der Waals surface area contributed by atoms with Crippen LogP contribution in [0.15, 0.2) is 24.3 Å². The molecule has 102 valence electrons. The van der Waals surface area contributed by atoms with Gasteiger partial charge in [0.25, 0.3) is 0 Å². The molecule has 3 atom stereocenters. The van der Waals surface area contributed by atoms with Gasteiger partial charge in [-0.25, -0.2) is 0 Å². The first-order valence-corrected chi connectivity index (χ1v) is 6.35. The second-order valence-electron chi connectivity index (χ2n) is 5.12. The quantitative estimate of drug-likeness (QED) is 0.778. The molecule has 0 N–H and O–H groups in total. The lowest BCUT2D eigenvalue weighted by molar-refractivity contribution is -0.349. The van der Waals surface area contributed by atoms with E-state index in [1.807, 2.05) is 12.1 Å². The van der Waals surface area contributed by atoms with Crippen LogP contribution in [0.2, 0.25) is 0 Å². The van der Waals surface area contributed by atoms with Crippen LogP contribution in [0.4, 0.5) is 13.2 Å². The minimum Gasteiger partial charge on any atom is -0.294 e. The number of alkyl halides is 3. The topological polar surface area (TPSA) is 26.3 Å². The number of hydrogen-bond donors (Lipinski definition) is 0. The molecule has 1 aromatic rings. The zero-order chi connectivity index (χ0) is 13.6. The number of carbonyl (C=O) groups is 1. The number of ether oxygens (including phenoxy) is 1. The molecule has 3 rings (SSSR count). The number of hydrogen-bond acceptors (Lipinski definition) is 2. The Labute approximate surface area is 108 Å². The molecule has 19 heavy (non-hydrogen) atoms. The fourth-order valence-corrected chi connectivity index (χ4v) is 3.39. The van der Waals surface area contributed by atoms with Gasteiger partial charge in [-0.1, -0.05) is 30.7 Å². The minimum absolute atomic E-state index is 0.121. The van der Waals surface area contributed by atoms with Gasteiger partial charge in [-0.3, -0.25) is 9.53 Å². The molecule has 0 amide bonds. The molecule has 0 heterocycles. The van der Waals surface area contributed by atoms with Crippen molar-refractivity contribution in [1.82, 2.24) is 0 Å². The molecule has 0 bridgehead atoms. The van der Waals surface area contributed by atoms with Gasteiger partial charge in [0.2, 0.25) is 0 Å². The van der Waals surface area contributed by atoms with Gasteiger partial charge in [-0.2, -0.15) is 0 Å². The molecule has 3 unspecified atom stereocenters. The summed E-state index contributed by atoms with van der Waals surface area (Å²) in [6, 6.07) is 7.10. The molecule has 0 aliphatic heterocycles. The number of rotatable bonds is 1. The number of carbonyl (C=O) groups excluding carboxylic acids is 1. The zero-order valence-electron chi connectivity index (χ0n) is 10.1. The number of halogens is 3. The molecule has 0 radical (unpaired) electrons. The molecule has 2 nitrogen and oxygen atoms in total. The molecule has 2 aliphatic rings. The Bertz CT molecular complexity index is 510. The standard InChI is InChI=1S/C14H13F3O2/c15-14(16,17)19-11-7-3-6-9-8-4-1-2-5-10(8)13(18)12(9)11/h1-2,4-5,9,11-12H,3,6-7H2. The zero-order valence-corrected chi connectivity index (χ0v) is 10.1. The summed E-state index contributed by atoms with van der Waals surface area (Å²) in [7, 11) is 0. The highest BCUT2D eigenvalue weighted by Crippen LogP contribution is 2.48. The average Bonchev–Trinajstić information content (AvgIpc) is 2.63. The van der Waals surface area contributed by atoms with E-state index in [0.717, 1.165) is 12.0 Å². The maximum atomic E-state index is 12.4. The Hall–Kier alpha value is -1.36. The third kappa shape index (κ3) is 2.16. The highest BCUT2D eigenvalue weighted by Gasteiger charge is 2.49.